The molecule has 2 aliphatic heterocycles. The summed E-state index contributed by atoms with van der Waals surface area (Å²) in [5, 5.41) is 10.3. The molecule has 2 aliphatic rings. The molecule has 0 radical (unpaired) electrons. The SMILES string of the molecule is O=S(=O)(NS(=O)(=O)C(F)(F)F)C(F)(F)F.c1ccc([C@@H](Nc2cc(N3CCCC3)c3ccccc3n2)[C@H](Nc2cc(N3CCCC3)c3ccccc3n2)c2ccccc2)cc1. The van der Waals surface area contributed by atoms with Crippen molar-refractivity contribution in [2.24, 2.45) is 0 Å². The van der Waals surface area contributed by atoms with E-state index in [0.29, 0.717) is 0 Å². The summed E-state index contributed by atoms with van der Waals surface area (Å²) in [4.78, 5) is 15.4. The van der Waals surface area contributed by atoms with Crippen molar-refractivity contribution in [3.05, 3.63) is 132 Å². The second kappa shape index (κ2) is 17.7. The predicted octanol–water partition coefficient (Wildman–Crippen LogP) is 9.27. The molecule has 322 valence electrons. The zero-order valence-electron chi connectivity index (χ0n) is 32.4. The van der Waals surface area contributed by atoms with E-state index in [9.17, 15) is 43.2 Å². The van der Waals surface area contributed by atoms with Crippen LogP contribution in [0.15, 0.2) is 121 Å². The van der Waals surface area contributed by atoms with Gasteiger partial charge >= 0.3 is 31.1 Å². The Kier molecular flexibility index (Phi) is 12.6. The van der Waals surface area contributed by atoms with Crippen LogP contribution in [0.5, 0.6) is 0 Å². The summed E-state index contributed by atoms with van der Waals surface area (Å²) >= 11 is 0. The Morgan fingerprint density at radius 3 is 1.16 bits per heavy atom. The minimum atomic E-state index is -6.60. The molecule has 2 atom stereocenters. The van der Waals surface area contributed by atoms with E-state index < -0.39 is 35.2 Å². The van der Waals surface area contributed by atoms with Crippen LogP contribution in [0.3, 0.4) is 0 Å². The highest BCUT2D eigenvalue weighted by atomic mass is 32.3. The van der Waals surface area contributed by atoms with Gasteiger partial charge in [0.25, 0.3) is 0 Å². The lowest BCUT2D eigenvalue weighted by Crippen LogP contribution is -2.45. The third-order valence-corrected chi connectivity index (χ3v) is 13.3. The molecule has 8 rings (SSSR count). The van der Waals surface area contributed by atoms with Gasteiger partial charge in [0.2, 0.25) is 0 Å². The Bertz CT molecular complexity index is 2500. The summed E-state index contributed by atoms with van der Waals surface area (Å²) in [6.45, 7) is 4.32. The molecule has 2 aromatic heterocycles. The van der Waals surface area contributed by atoms with Crippen LogP contribution in [0.25, 0.3) is 21.8 Å². The molecule has 0 aliphatic carbocycles. The number of rotatable bonds is 11. The molecule has 0 unspecified atom stereocenters. The summed E-state index contributed by atoms with van der Waals surface area (Å²) < 4.78 is 108. The number of fused-ring (bicyclic) bond motifs is 2. The number of nitrogens with one attached hydrogen (secondary N) is 3. The Balaban J connectivity index is 0.000000321. The lowest BCUT2D eigenvalue weighted by molar-refractivity contribution is -0.0476. The Labute approximate surface area is 348 Å². The molecule has 11 nitrogen and oxygen atoms in total. The Morgan fingerprint density at radius 2 is 0.820 bits per heavy atom. The van der Waals surface area contributed by atoms with Gasteiger partial charge in [0.1, 0.15) is 11.6 Å². The van der Waals surface area contributed by atoms with E-state index >= 15 is 0 Å². The van der Waals surface area contributed by atoms with Gasteiger partial charge in [-0.15, -0.1) is 0 Å². The predicted molar refractivity (Wildman–Crippen MR) is 225 cm³/mol. The first-order chi connectivity index (χ1) is 29.0. The lowest BCUT2D eigenvalue weighted by Gasteiger charge is -2.32. The normalized spacial score (nSPS) is 16.0. The first-order valence-electron chi connectivity index (χ1n) is 19.3. The van der Waals surface area contributed by atoms with Crippen molar-refractivity contribution in [3.8, 4) is 0 Å². The molecule has 0 saturated carbocycles. The average molecular weight is 886 g/mol. The van der Waals surface area contributed by atoms with Crippen molar-refractivity contribution >= 4 is 64.9 Å². The van der Waals surface area contributed by atoms with E-state index in [-0.39, 0.29) is 12.1 Å². The second-order valence-corrected chi connectivity index (χ2v) is 18.1. The zero-order chi connectivity index (χ0) is 43.4. The van der Waals surface area contributed by atoms with Gasteiger partial charge in [0, 0.05) is 60.5 Å². The van der Waals surface area contributed by atoms with Crippen LogP contribution >= 0.6 is 0 Å². The molecule has 6 aromatic rings. The van der Waals surface area contributed by atoms with Crippen molar-refractivity contribution in [1.82, 2.24) is 14.1 Å². The molecule has 4 heterocycles. The van der Waals surface area contributed by atoms with Crippen LogP contribution in [0, 0.1) is 0 Å². The summed E-state index contributed by atoms with van der Waals surface area (Å²) in [5.41, 5.74) is -5.39. The van der Waals surface area contributed by atoms with Crippen LogP contribution in [0.2, 0.25) is 0 Å². The van der Waals surface area contributed by atoms with Crippen molar-refractivity contribution < 1.29 is 43.2 Å². The standard InChI is InChI=1S/C40H40N6.C2HF6NO4S2/c1-3-15-29(16-4-1)39(43-37-27-35(45-23-11-12-24-45)31-19-7-9-21-33(31)41-37)40(30-17-5-2-6-18-30)44-38-28-36(46-25-13-14-26-46)32-20-8-10-22-34(32)42-38;3-1(4,5)14(10,11)9-15(12,13)2(6,7)8/h1-10,15-22,27-28,39-40H,11-14,23-26H2,(H,41,43)(H,42,44);9H/t39-,40-;/m1./s1. The van der Waals surface area contributed by atoms with Crippen molar-refractivity contribution in [2.75, 3.05) is 46.6 Å². The van der Waals surface area contributed by atoms with E-state index in [4.69, 9.17) is 9.97 Å². The van der Waals surface area contributed by atoms with Gasteiger partial charge in [-0.25, -0.2) is 26.8 Å². The number of para-hydroxylation sites is 2. The molecule has 61 heavy (non-hydrogen) atoms. The van der Waals surface area contributed by atoms with E-state index in [2.05, 4.69) is 142 Å². The number of nitrogens with zero attached hydrogens (tertiary/aromatic N) is 4. The number of anilines is 4. The second-order valence-electron chi connectivity index (χ2n) is 14.5. The van der Waals surface area contributed by atoms with Gasteiger partial charge in [-0.05, 0) is 48.9 Å². The molecular weight excluding hydrogens is 845 g/mol. The number of sulfonamides is 2. The molecular formula is C42H41F6N7O4S2. The third kappa shape index (κ3) is 9.95. The summed E-state index contributed by atoms with van der Waals surface area (Å²) in [5.74, 6) is 1.75. The number of benzene rings is 4. The number of pyridine rings is 2. The minimum Gasteiger partial charge on any atom is -0.371 e. The highest BCUT2D eigenvalue weighted by molar-refractivity contribution is 8.05. The number of halogens is 6. The third-order valence-electron chi connectivity index (χ3n) is 10.4. The van der Waals surface area contributed by atoms with Crippen LogP contribution in [0.1, 0.15) is 48.9 Å². The first-order valence-corrected chi connectivity index (χ1v) is 22.3. The van der Waals surface area contributed by atoms with Crippen LogP contribution in [-0.4, -0.2) is 64.0 Å². The van der Waals surface area contributed by atoms with E-state index in [1.54, 1.807) is 0 Å². The summed E-state index contributed by atoms with van der Waals surface area (Å²) in [6.07, 6.45) is 4.91. The topological polar surface area (TPSA) is 137 Å². The molecule has 3 N–H and O–H groups in total. The molecule has 2 saturated heterocycles. The van der Waals surface area contributed by atoms with Gasteiger partial charge in [0.05, 0.1) is 23.1 Å². The average Bonchev–Trinajstić information content (AvgIpc) is 3.98. The van der Waals surface area contributed by atoms with Gasteiger partial charge in [-0.3, -0.25) is 0 Å². The summed E-state index contributed by atoms with van der Waals surface area (Å²) in [6, 6.07) is 42.8. The molecule has 4 aromatic carbocycles. The van der Waals surface area contributed by atoms with Crippen LogP contribution in [0.4, 0.5) is 49.4 Å². The molecule has 0 amide bonds. The van der Waals surface area contributed by atoms with Gasteiger partial charge in [-0.2, -0.15) is 26.3 Å². The minimum absolute atomic E-state index is 0.132. The van der Waals surface area contributed by atoms with E-state index in [1.165, 1.54) is 59.0 Å². The Hall–Kier alpha value is -5.66. The smallest absolute Gasteiger partial charge is 0.371 e. The quantitative estimate of drug-likeness (QED) is 0.108. The largest absolute Gasteiger partial charge is 0.512 e. The maximum atomic E-state index is 11.5. The first kappa shape index (κ1) is 43.4. The Morgan fingerprint density at radius 1 is 0.492 bits per heavy atom. The number of aromatic nitrogens is 2. The number of hydrogen-bond acceptors (Lipinski definition) is 10. The van der Waals surface area contributed by atoms with Crippen molar-refractivity contribution in [2.45, 2.75) is 48.8 Å². The van der Waals surface area contributed by atoms with E-state index in [1.807, 2.05) is 0 Å². The zero-order valence-corrected chi connectivity index (χ0v) is 34.0. The van der Waals surface area contributed by atoms with Gasteiger partial charge < -0.3 is 20.4 Å². The molecule has 0 bridgehead atoms. The molecule has 2 fully saturated rings. The maximum absolute atomic E-state index is 11.5. The van der Waals surface area contributed by atoms with E-state index in [0.717, 1.165) is 48.8 Å². The number of alkyl halides is 6. The van der Waals surface area contributed by atoms with Crippen molar-refractivity contribution in [3.63, 3.8) is 0 Å². The fourth-order valence-electron chi connectivity index (χ4n) is 7.50. The molecule has 0 spiro atoms. The van der Waals surface area contributed by atoms with Crippen molar-refractivity contribution in [1.29, 1.82) is 0 Å². The molecule has 19 heteroatoms. The lowest BCUT2D eigenvalue weighted by atomic mass is 9.93. The fourth-order valence-corrected chi connectivity index (χ4v) is 9.41. The van der Waals surface area contributed by atoms with Gasteiger partial charge in [0.15, 0.2) is 0 Å². The number of hydrogen-bond donors (Lipinski definition) is 3. The van der Waals surface area contributed by atoms with Crippen LogP contribution in [-0.2, 0) is 20.0 Å². The highest BCUT2D eigenvalue weighted by Crippen LogP contribution is 2.39. The maximum Gasteiger partial charge on any atom is 0.512 e. The highest BCUT2D eigenvalue weighted by Gasteiger charge is 2.55. The monoisotopic (exact) mass is 885 g/mol. The van der Waals surface area contributed by atoms with Gasteiger partial charge in [-0.1, -0.05) is 101 Å². The fraction of sp³-hybridized carbons (Fsp3) is 0.286. The van der Waals surface area contributed by atoms with Crippen LogP contribution < -0.4 is 24.6 Å². The summed E-state index contributed by atoms with van der Waals surface area (Å²) in [7, 11) is -13.2.